The van der Waals surface area contributed by atoms with Crippen LogP contribution >= 0.6 is 12.6 Å². The molecule has 0 radical (unpaired) electrons. The topological polar surface area (TPSA) is 0 Å². The lowest BCUT2D eigenvalue weighted by Gasteiger charge is -2.29. The smallest absolute Gasteiger partial charge is 0.00195 e. The van der Waals surface area contributed by atoms with Crippen LogP contribution in [0.15, 0.2) is 0 Å². The normalized spacial score (nSPS) is 45.0. The van der Waals surface area contributed by atoms with E-state index in [1.54, 1.807) is 0 Å². The summed E-state index contributed by atoms with van der Waals surface area (Å²) in [5.74, 6) is 4.81. The van der Waals surface area contributed by atoms with Gasteiger partial charge >= 0.3 is 0 Å². The van der Waals surface area contributed by atoms with Gasteiger partial charge in [-0.1, -0.05) is 47.5 Å². The maximum atomic E-state index is 4.46. The fourth-order valence-corrected chi connectivity index (χ4v) is 3.82. The van der Waals surface area contributed by atoms with E-state index in [0.717, 1.165) is 29.6 Å². The molecule has 0 aromatic heterocycles. The van der Waals surface area contributed by atoms with Crippen molar-refractivity contribution in [3.05, 3.63) is 0 Å². The summed E-state index contributed by atoms with van der Waals surface area (Å²) >= 11 is 4.46. The molecule has 1 heteroatoms. The first-order valence-corrected chi connectivity index (χ1v) is 8.59. The molecular weight excluding hydrogens is 236 g/mol. The van der Waals surface area contributed by atoms with Crippen LogP contribution in [0, 0.1) is 29.6 Å². The molecule has 0 nitrogen and oxygen atoms in total. The molecule has 0 saturated heterocycles. The highest BCUT2D eigenvalue weighted by Gasteiger charge is 2.22. The Balaban J connectivity index is 0.000000180. The van der Waals surface area contributed by atoms with Gasteiger partial charge in [-0.15, -0.1) is 0 Å². The number of rotatable bonds is 0. The van der Waals surface area contributed by atoms with Crippen molar-refractivity contribution in [3.63, 3.8) is 0 Å². The van der Waals surface area contributed by atoms with Gasteiger partial charge in [-0.25, -0.2) is 0 Å². The van der Waals surface area contributed by atoms with Gasteiger partial charge in [0, 0.05) is 5.25 Å². The molecule has 6 atom stereocenters. The summed E-state index contributed by atoms with van der Waals surface area (Å²) in [6.45, 7) is 11.8. The molecule has 0 aliphatic heterocycles. The molecule has 0 aromatic rings. The van der Waals surface area contributed by atoms with Crippen molar-refractivity contribution < 1.29 is 0 Å². The number of thiol groups is 1. The third-order valence-corrected chi connectivity index (χ3v) is 5.90. The largest absolute Gasteiger partial charge is 0.176 e. The Morgan fingerprint density at radius 3 is 1.50 bits per heavy atom. The number of hydrogen-bond acceptors (Lipinski definition) is 1. The molecule has 6 unspecified atom stereocenters. The van der Waals surface area contributed by atoms with E-state index < -0.39 is 0 Å². The Morgan fingerprint density at radius 2 is 1.11 bits per heavy atom. The van der Waals surface area contributed by atoms with E-state index in [4.69, 9.17) is 0 Å². The van der Waals surface area contributed by atoms with Crippen LogP contribution in [0.3, 0.4) is 0 Å². The lowest BCUT2D eigenvalue weighted by molar-refractivity contribution is 0.220. The molecule has 0 aromatic carbocycles. The molecule has 2 aliphatic rings. The van der Waals surface area contributed by atoms with Gasteiger partial charge in [0.15, 0.2) is 0 Å². The van der Waals surface area contributed by atoms with Gasteiger partial charge in [0.25, 0.3) is 0 Å². The molecule has 0 spiro atoms. The van der Waals surface area contributed by atoms with Crippen LogP contribution in [-0.4, -0.2) is 5.25 Å². The van der Waals surface area contributed by atoms with Gasteiger partial charge in [0.2, 0.25) is 0 Å². The fourth-order valence-electron chi connectivity index (χ4n) is 3.34. The lowest BCUT2D eigenvalue weighted by Crippen LogP contribution is -2.20. The van der Waals surface area contributed by atoms with Crippen LogP contribution in [0.25, 0.3) is 0 Å². The van der Waals surface area contributed by atoms with E-state index >= 15 is 0 Å². The molecule has 2 fully saturated rings. The number of hydrogen-bond donors (Lipinski definition) is 1. The minimum Gasteiger partial charge on any atom is -0.176 e. The standard InChI is InChI=1S/C9H18.C8H16S/c1-7-4-5-8(2)9(3)6-7;1-6-3-4-8(9)5-7(6)2/h7-9H,4-6H2,1-3H3;6-9H,3-5H2,1-2H3. The zero-order chi connectivity index (χ0) is 13.7. The second-order valence-electron chi connectivity index (χ2n) is 7.29. The van der Waals surface area contributed by atoms with Crippen LogP contribution in [0.5, 0.6) is 0 Å². The second-order valence-corrected chi connectivity index (χ2v) is 8.02. The van der Waals surface area contributed by atoms with Crippen LogP contribution in [0.2, 0.25) is 0 Å². The van der Waals surface area contributed by atoms with E-state index in [-0.39, 0.29) is 0 Å². The first-order chi connectivity index (χ1) is 8.40. The summed E-state index contributed by atoms with van der Waals surface area (Å²) in [6.07, 6.45) is 8.42. The molecule has 18 heavy (non-hydrogen) atoms. The predicted molar refractivity (Wildman–Crippen MR) is 86.3 cm³/mol. The Labute approximate surface area is 121 Å². The van der Waals surface area contributed by atoms with Gasteiger partial charge < -0.3 is 0 Å². The van der Waals surface area contributed by atoms with Gasteiger partial charge in [0.05, 0.1) is 0 Å². The quantitative estimate of drug-likeness (QED) is 0.527. The lowest BCUT2D eigenvalue weighted by atomic mass is 9.77. The Hall–Kier alpha value is 0.350. The summed E-state index contributed by atoms with van der Waals surface area (Å²) in [7, 11) is 0. The SMILES string of the molecule is CC1CCC(C)C(C)C1.CC1CCC(S)CC1C. The monoisotopic (exact) mass is 270 g/mol. The van der Waals surface area contributed by atoms with Crippen molar-refractivity contribution >= 4 is 12.6 Å². The first kappa shape index (κ1) is 16.4. The highest BCUT2D eigenvalue weighted by atomic mass is 32.1. The summed E-state index contributed by atoms with van der Waals surface area (Å²) in [6, 6.07) is 0. The van der Waals surface area contributed by atoms with Crippen molar-refractivity contribution in [1.29, 1.82) is 0 Å². The molecule has 2 aliphatic carbocycles. The zero-order valence-corrected chi connectivity index (χ0v) is 14.0. The van der Waals surface area contributed by atoms with E-state index in [1.807, 2.05) is 0 Å². The summed E-state index contributed by atoms with van der Waals surface area (Å²) in [5.41, 5.74) is 0. The van der Waals surface area contributed by atoms with Gasteiger partial charge in [-0.3, -0.25) is 0 Å². The van der Waals surface area contributed by atoms with Crippen LogP contribution in [0.4, 0.5) is 0 Å². The molecule has 108 valence electrons. The van der Waals surface area contributed by atoms with Crippen molar-refractivity contribution in [2.45, 2.75) is 78.4 Å². The highest BCUT2D eigenvalue weighted by Crippen LogP contribution is 2.32. The minimum atomic E-state index is 0.691. The second kappa shape index (κ2) is 7.82. The molecular formula is C17H34S. The Bertz CT molecular complexity index is 202. The Morgan fingerprint density at radius 1 is 0.611 bits per heavy atom. The molecule has 0 bridgehead atoms. The molecule has 0 amide bonds. The van der Waals surface area contributed by atoms with Crippen LogP contribution in [0.1, 0.15) is 73.1 Å². The maximum Gasteiger partial charge on any atom is 0.00195 e. The van der Waals surface area contributed by atoms with Crippen LogP contribution < -0.4 is 0 Å². The van der Waals surface area contributed by atoms with Gasteiger partial charge in [-0.05, 0) is 55.3 Å². The fraction of sp³-hybridized carbons (Fsp3) is 1.00. The predicted octanol–water partition coefficient (Wildman–Crippen LogP) is 5.82. The van der Waals surface area contributed by atoms with Crippen molar-refractivity contribution in [1.82, 2.24) is 0 Å². The first-order valence-electron chi connectivity index (χ1n) is 8.08. The minimum absolute atomic E-state index is 0.691. The maximum absolute atomic E-state index is 4.46. The van der Waals surface area contributed by atoms with Gasteiger partial charge in [-0.2, -0.15) is 12.6 Å². The third-order valence-electron chi connectivity index (χ3n) is 5.43. The van der Waals surface area contributed by atoms with Crippen molar-refractivity contribution in [3.8, 4) is 0 Å². The van der Waals surface area contributed by atoms with Gasteiger partial charge in [0.1, 0.15) is 0 Å². The zero-order valence-electron chi connectivity index (χ0n) is 13.2. The van der Waals surface area contributed by atoms with E-state index in [9.17, 15) is 0 Å². The van der Waals surface area contributed by atoms with Crippen molar-refractivity contribution in [2.75, 3.05) is 0 Å². The molecule has 0 heterocycles. The van der Waals surface area contributed by atoms with Crippen LogP contribution in [-0.2, 0) is 0 Å². The summed E-state index contributed by atoms with van der Waals surface area (Å²) in [5, 5.41) is 0.691. The molecule has 0 N–H and O–H groups in total. The van der Waals surface area contributed by atoms with E-state index in [0.29, 0.717) is 5.25 Å². The van der Waals surface area contributed by atoms with E-state index in [2.05, 4.69) is 47.2 Å². The highest BCUT2D eigenvalue weighted by molar-refractivity contribution is 7.80. The van der Waals surface area contributed by atoms with Crippen molar-refractivity contribution in [2.24, 2.45) is 29.6 Å². The third kappa shape index (κ3) is 5.55. The molecule has 2 rings (SSSR count). The average molecular weight is 271 g/mol. The molecule has 2 saturated carbocycles. The summed E-state index contributed by atoms with van der Waals surface area (Å²) < 4.78 is 0. The van der Waals surface area contributed by atoms with E-state index in [1.165, 1.54) is 38.5 Å². The Kier molecular flexibility index (Phi) is 7.13. The average Bonchev–Trinajstić information content (AvgIpc) is 2.30. The summed E-state index contributed by atoms with van der Waals surface area (Å²) in [4.78, 5) is 0.